The molecule has 3 rings (SSSR count). The third-order valence-corrected chi connectivity index (χ3v) is 4.28. The minimum Gasteiger partial charge on any atom is -0.497 e. The number of nitrogens with zero attached hydrogens (tertiary/aromatic N) is 4. The van der Waals surface area contributed by atoms with E-state index in [0.29, 0.717) is 0 Å². The van der Waals surface area contributed by atoms with Crippen molar-refractivity contribution in [1.29, 1.82) is 0 Å². The van der Waals surface area contributed by atoms with Gasteiger partial charge in [0.15, 0.2) is 0 Å². The molecule has 0 amide bonds. The summed E-state index contributed by atoms with van der Waals surface area (Å²) in [6, 6.07) is 10.1. The van der Waals surface area contributed by atoms with E-state index < -0.39 is 0 Å². The Morgan fingerprint density at radius 3 is 2.79 bits per heavy atom. The van der Waals surface area contributed by atoms with Gasteiger partial charge in [-0.15, -0.1) is 0 Å². The smallest absolute Gasteiger partial charge is 0.227 e. The molecule has 1 fully saturated rings. The van der Waals surface area contributed by atoms with Gasteiger partial charge in [0.1, 0.15) is 11.6 Å². The van der Waals surface area contributed by atoms with E-state index >= 15 is 0 Å². The predicted octanol–water partition coefficient (Wildman–Crippen LogP) is 1.89. The van der Waals surface area contributed by atoms with Gasteiger partial charge in [0.05, 0.1) is 7.11 Å². The van der Waals surface area contributed by atoms with Crippen molar-refractivity contribution < 1.29 is 4.74 Å². The van der Waals surface area contributed by atoms with E-state index in [4.69, 9.17) is 4.74 Å². The van der Waals surface area contributed by atoms with E-state index in [0.717, 1.165) is 56.7 Å². The fourth-order valence-electron chi connectivity index (χ4n) is 2.77. The second-order valence-corrected chi connectivity index (χ2v) is 6.06. The van der Waals surface area contributed by atoms with Crippen LogP contribution in [0.2, 0.25) is 0 Å². The Morgan fingerprint density at radius 1 is 1.17 bits per heavy atom. The van der Waals surface area contributed by atoms with Crippen LogP contribution in [0.1, 0.15) is 5.56 Å². The average Bonchev–Trinajstić information content (AvgIpc) is 2.63. The van der Waals surface area contributed by atoms with Crippen LogP contribution in [0.5, 0.6) is 5.75 Å². The molecule has 6 nitrogen and oxygen atoms in total. The number of nitrogens with one attached hydrogen (secondary N) is 1. The van der Waals surface area contributed by atoms with Gasteiger partial charge in [-0.05, 0) is 37.2 Å². The number of anilines is 2. The monoisotopic (exact) mass is 327 g/mol. The highest BCUT2D eigenvalue weighted by atomic mass is 16.5. The van der Waals surface area contributed by atoms with Crippen LogP contribution >= 0.6 is 0 Å². The first kappa shape index (κ1) is 16.5. The van der Waals surface area contributed by atoms with E-state index in [1.54, 1.807) is 7.11 Å². The molecule has 0 unspecified atom stereocenters. The van der Waals surface area contributed by atoms with E-state index in [2.05, 4.69) is 44.3 Å². The van der Waals surface area contributed by atoms with Gasteiger partial charge in [-0.1, -0.05) is 12.1 Å². The van der Waals surface area contributed by atoms with Crippen LogP contribution in [0.3, 0.4) is 0 Å². The molecule has 1 saturated heterocycles. The molecule has 2 aromatic rings. The van der Waals surface area contributed by atoms with Crippen molar-refractivity contribution in [3.63, 3.8) is 0 Å². The summed E-state index contributed by atoms with van der Waals surface area (Å²) in [5, 5.41) is 3.39. The zero-order valence-corrected chi connectivity index (χ0v) is 14.4. The van der Waals surface area contributed by atoms with Crippen molar-refractivity contribution in [1.82, 2.24) is 14.9 Å². The molecule has 0 spiro atoms. The van der Waals surface area contributed by atoms with Gasteiger partial charge in [-0.3, -0.25) is 0 Å². The minimum absolute atomic E-state index is 0.814. The number of likely N-dealkylation sites (N-methyl/N-ethyl adjacent to an activating group) is 1. The number of methoxy groups -OCH3 is 1. The first-order chi connectivity index (χ1) is 11.7. The predicted molar refractivity (Wildman–Crippen MR) is 96.9 cm³/mol. The third kappa shape index (κ3) is 4.35. The number of ether oxygens (including phenoxy) is 1. The summed E-state index contributed by atoms with van der Waals surface area (Å²) < 4.78 is 5.26. The second-order valence-electron chi connectivity index (χ2n) is 6.06. The third-order valence-electron chi connectivity index (χ3n) is 4.28. The van der Waals surface area contributed by atoms with E-state index in [-0.39, 0.29) is 0 Å². The summed E-state index contributed by atoms with van der Waals surface area (Å²) in [6.07, 6.45) is 2.75. The first-order valence-corrected chi connectivity index (χ1v) is 8.38. The van der Waals surface area contributed by atoms with Gasteiger partial charge in [0.2, 0.25) is 5.95 Å². The lowest BCUT2D eigenvalue weighted by Gasteiger charge is -2.32. The molecule has 0 aliphatic carbocycles. The van der Waals surface area contributed by atoms with Gasteiger partial charge < -0.3 is 19.9 Å². The lowest BCUT2D eigenvalue weighted by atomic mass is 10.1. The Morgan fingerprint density at radius 2 is 2.00 bits per heavy atom. The highest BCUT2D eigenvalue weighted by Crippen LogP contribution is 2.15. The van der Waals surface area contributed by atoms with Crippen molar-refractivity contribution in [3.8, 4) is 5.75 Å². The van der Waals surface area contributed by atoms with Crippen LogP contribution < -0.4 is 15.0 Å². The van der Waals surface area contributed by atoms with Crippen LogP contribution in [-0.2, 0) is 6.42 Å². The molecule has 0 radical (unpaired) electrons. The van der Waals surface area contributed by atoms with Crippen LogP contribution in [0.4, 0.5) is 11.8 Å². The van der Waals surface area contributed by atoms with Gasteiger partial charge in [0, 0.05) is 38.9 Å². The Labute approximate surface area is 143 Å². The van der Waals surface area contributed by atoms with Gasteiger partial charge >= 0.3 is 0 Å². The number of aromatic nitrogens is 2. The van der Waals surface area contributed by atoms with Crippen molar-refractivity contribution in [2.45, 2.75) is 6.42 Å². The fraction of sp³-hybridized carbons (Fsp3) is 0.444. The topological polar surface area (TPSA) is 53.5 Å². The van der Waals surface area contributed by atoms with Crippen LogP contribution in [0, 0.1) is 0 Å². The lowest BCUT2D eigenvalue weighted by molar-refractivity contribution is 0.311. The number of hydrogen-bond donors (Lipinski definition) is 1. The summed E-state index contributed by atoms with van der Waals surface area (Å²) >= 11 is 0. The molecule has 1 aliphatic heterocycles. The average molecular weight is 327 g/mol. The standard InChI is InChI=1S/C18H25N5O/c1-22-10-12-23(13-11-22)18-20-9-7-17(21-18)19-8-6-15-4-3-5-16(14-15)24-2/h3-5,7,9,14H,6,8,10-13H2,1-2H3,(H,19,20,21). The SMILES string of the molecule is COc1cccc(CCNc2ccnc(N3CCN(C)CC3)n2)c1. The summed E-state index contributed by atoms with van der Waals surface area (Å²) in [5.41, 5.74) is 1.25. The molecule has 1 N–H and O–H groups in total. The number of benzene rings is 1. The zero-order valence-electron chi connectivity index (χ0n) is 14.4. The van der Waals surface area contributed by atoms with E-state index in [1.165, 1.54) is 5.56 Å². The number of hydrogen-bond acceptors (Lipinski definition) is 6. The van der Waals surface area contributed by atoms with Gasteiger partial charge in [-0.2, -0.15) is 4.98 Å². The second kappa shape index (κ2) is 7.97. The lowest BCUT2D eigenvalue weighted by Crippen LogP contribution is -2.45. The first-order valence-electron chi connectivity index (χ1n) is 8.38. The maximum atomic E-state index is 5.26. The molecule has 1 aromatic heterocycles. The van der Waals surface area contributed by atoms with Crippen LogP contribution in [0.15, 0.2) is 36.5 Å². The molecule has 0 saturated carbocycles. The highest BCUT2D eigenvalue weighted by Gasteiger charge is 2.16. The summed E-state index contributed by atoms with van der Waals surface area (Å²) in [4.78, 5) is 13.6. The molecular weight excluding hydrogens is 302 g/mol. The molecule has 6 heteroatoms. The molecule has 1 aliphatic rings. The molecule has 1 aromatic carbocycles. The van der Waals surface area contributed by atoms with Crippen molar-refractivity contribution in [3.05, 3.63) is 42.1 Å². The molecule has 24 heavy (non-hydrogen) atoms. The molecule has 128 valence electrons. The number of piperazine rings is 1. The van der Waals surface area contributed by atoms with Crippen molar-refractivity contribution >= 4 is 11.8 Å². The molecule has 2 heterocycles. The van der Waals surface area contributed by atoms with Crippen molar-refractivity contribution in [2.75, 3.05) is 57.1 Å². The molecule has 0 atom stereocenters. The number of rotatable bonds is 6. The van der Waals surface area contributed by atoms with E-state index in [1.807, 2.05) is 24.4 Å². The summed E-state index contributed by atoms with van der Waals surface area (Å²) in [7, 11) is 3.84. The Balaban J connectivity index is 1.54. The summed E-state index contributed by atoms with van der Waals surface area (Å²) in [6.45, 7) is 4.88. The van der Waals surface area contributed by atoms with Crippen molar-refractivity contribution in [2.24, 2.45) is 0 Å². The molecule has 0 bridgehead atoms. The van der Waals surface area contributed by atoms with Gasteiger partial charge in [-0.25, -0.2) is 4.98 Å². The van der Waals surface area contributed by atoms with Crippen LogP contribution in [-0.4, -0.2) is 61.7 Å². The maximum Gasteiger partial charge on any atom is 0.227 e. The highest BCUT2D eigenvalue weighted by molar-refractivity contribution is 5.42. The Hall–Kier alpha value is -2.34. The zero-order chi connectivity index (χ0) is 16.8. The normalized spacial score (nSPS) is 15.3. The quantitative estimate of drug-likeness (QED) is 0.874. The largest absolute Gasteiger partial charge is 0.497 e. The Bertz CT molecular complexity index is 655. The summed E-state index contributed by atoms with van der Waals surface area (Å²) in [5.74, 6) is 2.59. The fourth-order valence-corrected chi connectivity index (χ4v) is 2.77. The van der Waals surface area contributed by atoms with E-state index in [9.17, 15) is 0 Å². The van der Waals surface area contributed by atoms with Crippen LogP contribution in [0.25, 0.3) is 0 Å². The van der Waals surface area contributed by atoms with Gasteiger partial charge in [0.25, 0.3) is 0 Å². The molecular formula is C18H25N5O. The minimum atomic E-state index is 0.814. The maximum absolute atomic E-state index is 5.26. The Kier molecular flexibility index (Phi) is 5.48.